The van der Waals surface area contributed by atoms with Gasteiger partial charge >= 0.3 is 0 Å². The van der Waals surface area contributed by atoms with E-state index in [9.17, 15) is 0 Å². The number of hydrogen-bond acceptors (Lipinski definition) is 2. The highest BCUT2D eigenvalue weighted by atomic mass is 35.5. The standard InChI is InChI=1S/C12H18Cl2N2/c1-8(15)7-16-9(2)6-10-4-3-5-11(13)12(10)14/h3-5,8-9,16H,6-7,15H2,1-2H3. The lowest BCUT2D eigenvalue weighted by Crippen LogP contribution is -2.37. The van der Waals surface area contributed by atoms with Crippen LogP contribution < -0.4 is 11.1 Å². The van der Waals surface area contributed by atoms with Crippen molar-refractivity contribution >= 4 is 23.2 Å². The average Bonchev–Trinajstić information content (AvgIpc) is 2.22. The fourth-order valence-electron chi connectivity index (χ4n) is 1.50. The van der Waals surface area contributed by atoms with E-state index in [-0.39, 0.29) is 6.04 Å². The first-order chi connectivity index (χ1) is 7.50. The van der Waals surface area contributed by atoms with Crippen LogP contribution in [0.25, 0.3) is 0 Å². The van der Waals surface area contributed by atoms with Gasteiger partial charge in [0.1, 0.15) is 0 Å². The minimum Gasteiger partial charge on any atom is -0.327 e. The van der Waals surface area contributed by atoms with Gasteiger partial charge in [-0.1, -0.05) is 35.3 Å². The van der Waals surface area contributed by atoms with Crippen molar-refractivity contribution in [2.45, 2.75) is 32.4 Å². The summed E-state index contributed by atoms with van der Waals surface area (Å²) in [5.41, 5.74) is 6.75. The zero-order valence-electron chi connectivity index (χ0n) is 9.63. The third kappa shape index (κ3) is 4.30. The molecule has 0 aliphatic rings. The SMILES string of the molecule is CC(N)CNC(C)Cc1cccc(Cl)c1Cl. The molecule has 0 saturated carbocycles. The van der Waals surface area contributed by atoms with Crippen molar-refractivity contribution < 1.29 is 0 Å². The normalized spacial score (nSPS) is 14.8. The molecule has 0 heterocycles. The van der Waals surface area contributed by atoms with E-state index in [4.69, 9.17) is 28.9 Å². The van der Waals surface area contributed by atoms with E-state index in [2.05, 4.69) is 12.2 Å². The molecule has 0 saturated heterocycles. The Morgan fingerprint density at radius 2 is 2.00 bits per heavy atom. The Bertz CT molecular complexity index is 340. The number of halogens is 2. The Kier molecular flexibility index (Phi) is 5.56. The molecular weight excluding hydrogens is 243 g/mol. The second-order valence-corrected chi connectivity index (χ2v) is 4.99. The lowest BCUT2D eigenvalue weighted by molar-refractivity contribution is 0.514. The van der Waals surface area contributed by atoms with E-state index in [1.807, 2.05) is 19.1 Å². The van der Waals surface area contributed by atoms with Crippen molar-refractivity contribution in [1.29, 1.82) is 0 Å². The summed E-state index contributed by atoms with van der Waals surface area (Å²) in [6.07, 6.45) is 0.853. The molecule has 90 valence electrons. The van der Waals surface area contributed by atoms with Crippen molar-refractivity contribution in [2.24, 2.45) is 5.73 Å². The van der Waals surface area contributed by atoms with Gasteiger partial charge in [0.2, 0.25) is 0 Å². The van der Waals surface area contributed by atoms with Crippen LogP contribution in [0.2, 0.25) is 10.0 Å². The molecule has 0 fully saturated rings. The second kappa shape index (κ2) is 6.45. The quantitative estimate of drug-likeness (QED) is 0.855. The molecule has 1 aromatic rings. The van der Waals surface area contributed by atoms with Gasteiger partial charge in [0.05, 0.1) is 10.0 Å². The Morgan fingerprint density at radius 3 is 2.62 bits per heavy atom. The largest absolute Gasteiger partial charge is 0.327 e. The Hall–Kier alpha value is -0.280. The fraction of sp³-hybridized carbons (Fsp3) is 0.500. The van der Waals surface area contributed by atoms with Crippen molar-refractivity contribution in [3.63, 3.8) is 0 Å². The first-order valence-electron chi connectivity index (χ1n) is 5.42. The van der Waals surface area contributed by atoms with Crippen LogP contribution >= 0.6 is 23.2 Å². The van der Waals surface area contributed by atoms with Gasteiger partial charge < -0.3 is 11.1 Å². The van der Waals surface area contributed by atoms with Crippen LogP contribution in [0, 0.1) is 0 Å². The molecule has 2 atom stereocenters. The molecule has 16 heavy (non-hydrogen) atoms. The number of hydrogen-bond donors (Lipinski definition) is 2. The minimum atomic E-state index is 0.164. The zero-order chi connectivity index (χ0) is 12.1. The van der Waals surface area contributed by atoms with Gasteiger partial charge in [-0.15, -0.1) is 0 Å². The average molecular weight is 261 g/mol. The maximum absolute atomic E-state index is 6.12. The molecule has 0 radical (unpaired) electrons. The van der Waals surface area contributed by atoms with Gasteiger partial charge in [0, 0.05) is 18.6 Å². The molecule has 1 aromatic carbocycles. The molecule has 0 spiro atoms. The van der Waals surface area contributed by atoms with E-state index >= 15 is 0 Å². The number of benzene rings is 1. The lowest BCUT2D eigenvalue weighted by atomic mass is 10.1. The van der Waals surface area contributed by atoms with E-state index in [0.29, 0.717) is 16.1 Å². The summed E-state index contributed by atoms with van der Waals surface area (Å²) in [4.78, 5) is 0. The monoisotopic (exact) mass is 260 g/mol. The topological polar surface area (TPSA) is 38.0 Å². The summed E-state index contributed by atoms with van der Waals surface area (Å²) in [5, 5.41) is 4.61. The van der Waals surface area contributed by atoms with Crippen LogP contribution in [-0.4, -0.2) is 18.6 Å². The van der Waals surface area contributed by atoms with Crippen molar-refractivity contribution in [3.8, 4) is 0 Å². The second-order valence-electron chi connectivity index (χ2n) is 4.20. The summed E-state index contributed by atoms with van der Waals surface area (Å²) in [6.45, 7) is 4.89. The number of nitrogens with one attached hydrogen (secondary N) is 1. The maximum Gasteiger partial charge on any atom is 0.0624 e. The molecule has 0 aliphatic heterocycles. The van der Waals surface area contributed by atoms with Crippen LogP contribution in [0.15, 0.2) is 18.2 Å². The molecule has 0 aromatic heterocycles. The first-order valence-corrected chi connectivity index (χ1v) is 6.18. The Labute approximate surface area is 107 Å². The Morgan fingerprint density at radius 1 is 1.31 bits per heavy atom. The van der Waals surface area contributed by atoms with Crippen LogP contribution in [0.1, 0.15) is 19.4 Å². The summed E-state index contributed by atoms with van der Waals surface area (Å²) >= 11 is 12.1. The highest BCUT2D eigenvalue weighted by Crippen LogP contribution is 2.26. The molecule has 0 amide bonds. The predicted octanol–water partition coefficient (Wildman–Crippen LogP) is 2.86. The van der Waals surface area contributed by atoms with Crippen molar-refractivity contribution in [3.05, 3.63) is 33.8 Å². The molecular formula is C12H18Cl2N2. The summed E-state index contributed by atoms with van der Waals surface area (Å²) < 4.78 is 0. The molecule has 4 heteroatoms. The van der Waals surface area contributed by atoms with E-state index in [1.165, 1.54) is 0 Å². The fourth-order valence-corrected chi connectivity index (χ4v) is 1.89. The predicted molar refractivity (Wildman–Crippen MR) is 71.3 cm³/mol. The Balaban J connectivity index is 2.56. The summed E-state index contributed by atoms with van der Waals surface area (Å²) in [7, 11) is 0. The highest BCUT2D eigenvalue weighted by Gasteiger charge is 2.08. The number of nitrogens with two attached hydrogens (primary N) is 1. The van der Waals surface area contributed by atoms with Gasteiger partial charge in [-0.2, -0.15) is 0 Å². The smallest absolute Gasteiger partial charge is 0.0624 e. The zero-order valence-corrected chi connectivity index (χ0v) is 11.1. The van der Waals surface area contributed by atoms with E-state index in [0.717, 1.165) is 18.5 Å². The first kappa shape index (κ1) is 13.8. The lowest BCUT2D eigenvalue weighted by Gasteiger charge is -2.16. The van der Waals surface area contributed by atoms with E-state index in [1.54, 1.807) is 6.07 Å². The maximum atomic E-state index is 6.12. The summed E-state index contributed by atoms with van der Waals surface area (Å²) in [5.74, 6) is 0. The highest BCUT2D eigenvalue weighted by molar-refractivity contribution is 6.42. The third-order valence-corrected chi connectivity index (χ3v) is 3.20. The molecule has 2 nitrogen and oxygen atoms in total. The van der Waals surface area contributed by atoms with Crippen LogP contribution in [0.5, 0.6) is 0 Å². The van der Waals surface area contributed by atoms with E-state index < -0.39 is 0 Å². The van der Waals surface area contributed by atoms with Gasteiger partial charge in [-0.05, 0) is 31.9 Å². The molecule has 1 rings (SSSR count). The van der Waals surface area contributed by atoms with Crippen molar-refractivity contribution in [2.75, 3.05) is 6.54 Å². The van der Waals surface area contributed by atoms with Gasteiger partial charge in [-0.25, -0.2) is 0 Å². The summed E-state index contributed by atoms with van der Waals surface area (Å²) in [6, 6.07) is 6.22. The minimum absolute atomic E-state index is 0.164. The van der Waals surface area contributed by atoms with Gasteiger partial charge in [0.25, 0.3) is 0 Å². The van der Waals surface area contributed by atoms with Crippen LogP contribution in [0.3, 0.4) is 0 Å². The molecule has 0 bridgehead atoms. The molecule has 0 aliphatic carbocycles. The third-order valence-electron chi connectivity index (χ3n) is 2.35. The van der Waals surface area contributed by atoms with Crippen LogP contribution in [-0.2, 0) is 6.42 Å². The number of rotatable bonds is 5. The van der Waals surface area contributed by atoms with Crippen molar-refractivity contribution in [1.82, 2.24) is 5.32 Å². The molecule has 3 N–H and O–H groups in total. The van der Waals surface area contributed by atoms with Gasteiger partial charge in [-0.3, -0.25) is 0 Å². The molecule has 2 unspecified atom stereocenters. The van der Waals surface area contributed by atoms with Gasteiger partial charge in [0.15, 0.2) is 0 Å². The van der Waals surface area contributed by atoms with Crippen LogP contribution in [0.4, 0.5) is 0 Å².